The first-order chi connectivity index (χ1) is 8.39. The SMILES string of the molecule is CC(C)c1c(F)cccc1CN1CCC(C)(C)C1. The number of hydrogen-bond acceptors (Lipinski definition) is 1. The molecule has 0 aromatic heterocycles. The summed E-state index contributed by atoms with van der Waals surface area (Å²) in [6.07, 6.45) is 1.24. The molecule has 1 fully saturated rings. The normalized spacial score (nSPS) is 19.7. The topological polar surface area (TPSA) is 3.24 Å². The van der Waals surface area contributed by atoms with Gasteiger partial charge in [-0.1, -0.05) is 39.8 Å². The second-order valence-corrected chi connectivity index (χ2v) is 6.59. The van der Waals surface area contributed by atoms with E-state index >= 15 is 0 Å². The Morgan fingerprint density at radius 3 is 2.61 bits per heavy atom. The lowest BCUT2D eigenvalue weighted by atomic mass is 9.93. The molecule has 1 saturated heterocycles. The molecule has 0 amide bonds. The van der Waals surface area contributed by atoms with Gasteiger partial charge < -0.3 is 0 Å². The van der Waals surface area contributed by atoms with Gasteiger partial charge in [0.1, 0.15) is 5.82 Å². The first-order valence-electron chi connectivity index (χ1n) is 6.89. The highest BCUT2D eigenvalue weighted by Gasteiger charge is 2.29. The average molecular weight is 249 g/mol. The predicted molar refractivity (Wildman–Crippen MR) is 74.2 cm³/mol. The van der Waals surface area contributed by atoms with E-state index in [1.807, 2.05) is 6.07 Å². The number of hydrogen-bond donors (Lipinski definition) is 0. The molecular formula is C16H24FN. The fraction of sp³-hybridized carbons (Fsp3) is 0.625. The summed E-state index contributed by atoms with van der Waals surface area (Å²) in [6, 6.07) is 5.48. The van der Waals surface area contributed by atoms with Gasteiger partial charge >= 0.3 is 0 Å². The molecule has 100 valence electrons. The molecule has 0 N–H and O–H groups in total. The van der Waals surface area contributed by atoms with Crippen molar-refractivity contribution in [3.05, 3.63) is 35.1 Å². The van der Waals surface area contributed by atoms with Crippen LogP contribution in [0.15, 0.2) is 18.2 Å². The van der Waals surface area contributed by atoms with Crippen LogP contribution in [-0.2, 0) is 6.54 Å². The Balaban J connectivity index is 2.17. The zero-order valence-electron chi connectivity index (χ0n) is 12.0. The van der Waals surface area contributed by atoms with E-state index in [-0.39, 0.29) is 11.7 Å². The van der Waals surface area contributed by atoms with Crippen molar-refractivity contribution in [1.29, 1.82) is 0 Å². The van der Waals surface area contributed by atoms with Gasteiger partial charge in [-0.2, -0.15) is 0 Å². The van der Waals surface area contributed by atoms with Crippen molar-refractivity contribution in [2.75, 3.05) is 13.1 Å². The lowest BCUT2D eigenvalue weighted by molar-refractivity contribution is 0.283. The zero-order valence-corrected chi connectivity index (χ0v) is 12.0. The van der Waals surface area contributed by atoms with Gasteiger partial charge in [0, 0.05) is 13.1 Å². The molecule has 1 aromatic rings. The molecule has 1 aliphatic heterocycles. The predicted octanol–water partition coefficient (Wildman–Crippen LogP) is 4.18. The van der Waals surface area contributed by atoms with Gasteiger partial charge in [0.15, 0.2) is 0 Å². The Morgan fingerprint density at radius 1 is 1.33 bits per heavy atom. The molecule has 0 aliphatic carbocycles. The third-order valence-corrected chi connectivity index (χ3v) is 3.87. The monoisotopic (exact) mass is 249 g/mol. The third kappa shape index (κ3) is 2.92. The summed E-state index contributed by atoms with van der Waals surface area (Å²) < 4.78 is 13.9. The van der Waals surface area contributed by atoms with Crippen molar-refractivity contribution in [2.24, 2.45) is 5.41 Å². The van der Waals surface area contributed by atoms with Crippen LogP contribution in [0.3, 0.4) is 0 Å². The largest absolute Gasteiger partial charge is 0.299 e. The van der Waals surface area contributed by atoms with Gasteiger partial charge in [0.05, 0.1) is 0 Å². The van der Waals surface area contributed by atoms with Crippen LogP contribution in [0.5, 0.6) is 0 Å². The van der Waals surface area contributed by atoms with Crippen LogP contribution in [0.25, 0.3) is 0 Å². The van der Waals surface area contributed by atoms with Crippen LogP contribution in [0, 0.1) is 11.2 Å². The summed E-state index contributed by atoms with van der Waals surface area (Å²) in [5.41, 5.74) is 2.45. The van der Waals surface area contributed by atoms with Gasteiger partial charge in [-0.05, 0) is 41.5 Å². The van der Waals surface area contributed by atoms with Crippen molar-refractivity contribution in [2.45, 2.75) is 46.6 Å². The van der Waals surface area contributed by atoms with Crippen LogP contribution >= 0.6 is 0 Å². The summed E-state index contributed by atoms with van der Waals surface area (Å²) in [4.78, 5) is 2.45. The first-order valence-corrected chi connectivity index (χ1v) is 6.89. The molecule has 0 atom stereocenters. The molecule has 1 aliphatic rings. The number of benzene rings is 1. The highest BCUT2D eigenvalue weighted by Crippen LogP contribution is 2.31. The van der Waals surface area contributed by atoms with E-state index in [1.54, 1.807) is 6.07 Å². The Bertz CT molecular complexity index is 423. The maximum Gasteiger partial charge on any atom is 0.126 e. The maximum absolute atomic E-state index is 13.9. The van der Waals surface area contributed by atoms with E-state index in [1.165, 1.54) is 6.42 Å². The van der Waals surface area contributed by atoms with Gasteiger partial charge in [0.2, 0.25) is 0 Å². The van der Waals surface area contributed by atoms with E-state index in [2.05, 4.69) is 38.7 Å². The minimum atomic E-state index is -0.0547. The zero-order chi connectivity index (χ0) is 13.3. The minimum Gasteiger partial charge on any atom is -0.299 e. The second kappa shape index (κ2) is 5.00. The Morgan fingerprint density at radius 2 is 2.06 bits per heavy atom. The Kier molecular flexibility index (Phi) is 3.76. The van der Waals surface area contributed by atoms with Crippen molar-refractivity contribution >= 4 is 0 Å². The van der Waals surface area contributed by atoms with Crippen LogP contribution in [0.4, 0.5) is 4.39 Å². The van der Waals surface area contributed by atoms with Gasteiger partial charge in [-0.15, -0.1) is 0 Å². The highest BCUT2D eigenvalue weighted by molar-refractivity contribution is 5.31. The molecule has 0 spiro atoms. The third-order valence-electron chi connectivity index (χ3n) is 3.87. The summed E-state index contributed by atoms with van der Waals surface area (Å²) in [6.45, 7) is 11.9. The highest BCUT2D eigenvalue weighted by atomic mass is 19.1. The molecule has 1 nitrogen and oxygen atoms in total. The number of nitrogens with zero attached hydrogens (tertiary/aromatic N) is 1. The van der Waals surface area contributed by atoms with Crippen LogP contribution in [-0.4, -0.2) is 18.0 Å². The quantitative estimate of drug-likeness (QED) is 0.776. The van der Waals surface area contributed by atoms with Crippen LogP contribution < -0.4 is 0 Å². The number of likely N-dealkylation sites (tertiary alicyclic amines) is 1. The van der Waals surface area contributed by atoms with Gasteiger partial charge in [0.25, 0.3) is 0 Å². The maximum atomic E-state index is 13.9. The van der Waals surface area contributed by atoms with E-state index in [9.17, 15) is 4.39 Å². The lowest BCUT2D eigenvalue weighted by Gasteiger charge is -2.22. The Labute approximate surface area is 110 Å². The molecule has 0 unspecified atom stereocenters. The Hall–Kier alpha value is -0.890. The molecule has 0 radical (unpaired) electrons. The van der Waals surface area contributed by atoms with Crippen molar-refractivity contribution in [1.82, 2.24) is 4.90 Å². The molecule has 1 aromatic carbocycles. The number of halogens is 1. The van der Waals surface area contributed by atoms with E-state index in [4.69, 9.17) is 0 Å². The minimum absolute atomic E-state index is 0.0547. The number of rotatable bonds is 3. The summed E-state index contributed by atoms with van der Waals surface area (Å²) in [7, 11) is 0. The smallest absolute Gasteiger partial charge is 0.126 e. The summed E-state index contributed by atoms with van der Waals surface area (Å²) in [5, 5.41) is 0. The standard InChI is InChI=1S/C16H24FN/c1-12(2)15-13(6-5-7-14(15)17)10-18-9-8-16(3,4)11-18/h5-7,12H,8-11H2,1-4H3. The fourth-order valence-electron chi connectivity index (χ4n) is 2.97. The van der Waals surface area contributed by atoms with Crippen LogP contribution in [0.2, 0.25) is 0 Å². The molecule has 0 saturated carbocycles. The fourth-order valence-corrected chi connectivity index (χ4v) is 2.97. The summed E-state index contributed by atoms with van der Waals surface area (Å²) in [5.74, 6) is 0.192. The van der Waals surface area contributed by atoms with Gasteiger partial charge in [-0.25, -0.2) is 4.39 Å². The molecule has 2 heteroatoms. The molecule has 0 bridgehead atoms. The van der Waals surface area contributed by atoms with Gasteiger partial charge in [-0.3, -0.25) is 4.90 Å². The second-order valence-electron chi connectivity index (χ2n) is 6.59. The molecule has 2 rings (SSSR count). The molecule has 18 heavy (non-hydrogen) atoms. The van der Waals surface area contributed by atoms with Crippen molar-refractivity contribution < 1.29 is 4.39 Å². The van der Waals surface area contributed by atoms with E-state index < -0.39 is 0 Å². The van der Waals surface area contributed by atoms with E-state index in [0.717, 1.165) is 30.8 Å². The van der Waals surface area contributed by atoms with E-state index in [0.29, 0.717) is 5.41 Å². The van der Waals surface area contributed by atoms with Crippen molar-refractivity contribution in [3.8, 4) is 0 Å². The van der Waals surface area contributed by atoms with Crippen molar-refractivity contribution in [3.63, 3.8) is 0 Å². The molecule has 1 heterocycles. The summed E-state index contributed by atoms with van der Waals surface area (Å²) >= 11 is 0. The van der Waals surface area contributed by atoms with Crippen LogP contribution in [0.1, 0.15) is 51.2 Å². The lowest BCUT2D eigenvalue weighted by Crippen LogP contribution is -2.23. The average Bonchev–Trinajstić information content (AvgIpc) is 2.57. The molecular weight excluding hydrogens is 225 g/mol. The first kappa shape index (κ1) is 13.5.